The molecule has 0 aliphatic carbocycles. The van der Waals surface area contributed by atoms with Crippen LogP contribution in [0.1, 0.15) is 5.69 Å². The third-order valence-electron chi connectivity index (χ3n) is 2.11. The zero-order valence-corrected chi connectivity index (χ0v) is 8.52. The Balaban J connectivity index is 0.000000845. The maximum Gasteiger partial charge on any atom is 0.203 e. The van der Waals surface area contributed by atoms with Gasteiger partial charge < -0.3 is 15.2 Å². The molecule has 1 aliphatic rings. The number of halogens is 1. The highest BCUT2D eigenvalue weighted by atomic mass is 35.5. The summed E-state index contributed by atoms with van der Waals surface area (Å²) in [5.74, 6) is 1.01. The molecule has 1 aromatic heterocycles. The summed E-state index contributed by atoms with van der Waals surface area (Å²) in [5.41, 5.74) is 1.13. The van der Waals surface area contributed by atoms with E-state index >= 15 is 0 Å². The molecule has 0 spiro atoms. The van der Waals surface area contributed by atoms with Gasteiger partial charge in [0.05, 0.1) is 0 Å². The van der Waals surface area contributed by atoms with Crippen LogP contribution >= 0.6 is 12.4 Å². The minimum Gasteiger partial charge on any atom is -0.340 e. The molecule has 0 bridgehead atoms. The number of piperazine rings is 1. The first-order chi connectivity index (χ1) is 5.86. The lowest BCUT2D eigenvalue weighted by atomic mass is 10.4. The smallest absolute Gasteiger partial charge is 0.203 e. The molecule has 2 rings (SSSR count). The Morgan fingerprint density at radius 1 is 1.38 bits per heavy atom. The fourth-order valence-corrected chi connectivity index (χ4v) is 1.44. The second-order valence-electron chi connectivity index (χ2n) is 3.13. The van der Waals surface area contributed by atoms with Crippen LogP contribution in [0.25, 0.3) is 0 Å². The number of aryl methyl sites for hydroxylation is 1. The van der Waals surface area contributed by atoms with E-state index in [0.717, 1.165) is 37.8 Å². The molecule has 0 radical (unpaired) electrons. The van der Waals surface area contributed by atoms with Gasteiger partial charge in [-0.15, -0.1) is 12.4 Å². The summed E-state index contributed by atoms with van der Waals surface area (Å²) >= 11 is 0. The SMILES string of the molecule is Cc1cnc(N2CCNCC2)[nH]1.Cl. The number of nitrogens with zero attached hydrogens (tertiary/aromatic N) is 2. The summed E-state index contributed by atoms with van der Waals surface area (Å²) in [6.45, 7) is 6.23. The predicted molar refractivity (Wildman–Crippen MR) is 55.7 cm³/mol. The van der Waals surface area contributed by atoms with Gasteiger partial charge in [-0.3, -0.25) is 0 Å². The largest absolute Gasteiger partial charge is 0.340 e. The molecule has 74 valence electrons. The highest BCUT2D eigenvalue weighted by Crippen LogP contribution is 2.08. The first-order valence-electron chi connectivity index (χ1n) is 4.33. The molecular formula is C8H15ClN4. The van der Waals surface area contributed by atoms with Crippen LogP contribution in [0.15, 0.2) is 6.20 Å². The van der Waals surface area contributed by atoms with Gasteiger partial charge in [0.15, 0.2) is 0 Å². The van der Waals surface area contributed by atoms with E-state index in [1.807, 2.05) is 13.1 Å². The first kappa shape index (κ1) is 10.3. The van der Waals surface area contributed by atoms with Crippen molar-refractivity contribution in [2.24, 2.45) is 0 Å². The van der Waals surface area contributed by atoms with Gasteiger partial charge in [0.25, 0.3) is 0 Å². The molecule has 1 aliphatic heterocycles. The summed E-state index contributed by atoms with van der Waals surface area (Å²) in [6.07, 6.45) is 1.87. The van der Waals surface area contributed by atoms with Gasteiger partial charge in [0.1, 0.15) is 0 Å². The number of imidazole rings is 1. The standard InChI is InChI=1S/C8H14N4.ClH/c1-7-6-10-8(11-7)12-4-2-9-3-5-12;/h6,9H,2-5H2,1H3,(H,10,11);1H. The van der Waals surface area contributed by atoms with Crippen molar-refractivity contribution in [1.29, 1.82) is 0 Å². The maximum absolute atomic E-state index is 4.28. The third-order valence-corrected chi connectivity index (χ3v) is 2.11. The van der Waals surface area contributed by atoms with Crippen LogP contribution in [0.4, 0.5) is 5.95 Å². The van der Waals surface area contributed by atoms with E-state index in [1.165, 1.54) is 0 Å². The number of anilines is 1. The Morgan fingerprint density at radius 3 is 2.62 bits per heavy atom. The summed E-state index contributed by atoms with van der Waals surface area (Å²) in [5, 5.41) is 3.31. The van der Waals surface area contributed by atoms with Gasteiger partial charge in [-0.25, -0.2) is 4.98 Å². The van der Waals surface area contributed by atoms with E-state index in [0.29, 0.717) is 0 Å². The molecular weight excluding hydrogens is 188 g/mol. The van der Waals surface area contributed by atoms with Crippen molar-refractivity contribution >= 4 is 18.4 Å². The molecule has 0 amide bonds. The molecule has 1 fully saturated rings. The summed E-state index contributed by atoms with van der Waals surface area (Å²) in [7, 11) is 0. The minimum absolute atomic E-state index is 0. The van der Waals surface area contributed by atoms with Crippen LogP contribution in [0.2, 0.25) is 0 Å². The number of aromatic nitrogens is 2. The number of H-pyrrole nitrogens is 1. The van der Waals surface area contributed by atoms with Gasteiger partial charge in [-0.1, -0.05) is 0 Å². The lowest BCUT2D eigenvalue weighted by molar-refractivity contribution is 0.581. The number of rotatable bonds is 1. The van der Waals surface area contributed by atoms with Crippen LogP contribution in [0.5, 0.6) is 0 Å². The van der Waals surface area contributed by atoms with Crippen molar-refractivity contribution in [2.75, 3.05) is 31.1 Å². The minimum atomic E-state index is 0. The maximum atomic E-state index is 4.28. The number of nitrogens with one attached hydrogen (secondary N) is 2. The number of aromatic amines is 1. The van der Waals surface area contributed by atoms with E-state index < -0.39 is 0 Å². The second-order valence-corrected chi connectivity index (χ2v) is 3.13. The number of hydrogen-bond acceptors (Lipinski definition) is 3. The Kier molecular flexibility index (Phi) is 3.57. The van der Waals surface area contributed by atoms with Crippen LogP contribution in [-0.2, 0) is 0 Å². The van der Waals surface area contributed by atoms with Crippen LogP contribution in [0.3, 0.4) is 0 Å². The first-order valence-corrected chi connectivity index (χ1v) is 4.33. The lowest BCUT2D eigenvalue weighted by Gasteiger charge is -2.26. The summed E-state index contributed by atoms with van der Waals surface area (Å²) in [6, 6.07) is 0. The Morgan fingerprint density at radius 2 is 2.08 bits per heavy atom. The van der Waals surface area contributed by atoms with Crippen molar-refractivity contribution < 1.29 is 0 Å². The predicted octanol–water partition coefficient (Wildman–Crippen LogP) is 0.550. The van der Waals surface area contributed by atoms with Gasteiger partial charge in [-0.05, 0) is 6.92 Å². The third kappa shape index (κ3) is 2.35. The molecule has 4 nitrogen and oxygen atoms in total. The fourth-order valence-electron chi connectivity index (χ4n) is 1.44. The molecule has 2 N–H and O–H groups in total. The molecule has 0 atom stereocenters. The molecule has 5 heteroatoms. The molecule has 1 saturated heterocycles. The van der Waals surface area contributed by atoms with Crippen molar-refractivity contribution in [3.8, 4) is 0 Å². The van der Waals surface area contributed by atoms with E-state index in [4.69, 9.17) is 0 Å². The van der Waals surface area contributed by atoms with E-state index in [-0.39, 0.29) is 12.4 Å². The van der Waals surface area contributed by atoms with Crippen molar-refractivity contribution in [3.05, 3.63) is 11.9 Å². The van der Waals surface area contributed by atoms with Crippen LogP contribution < -0.4 is 10.2 Å². The molecule has 0 saturated carbocycles. The summed E-state index contributed by atoms with van der Waals surface area (Å²) < 4.78 is 0. The molecule has 1 aromatic rings. The topological polar surface area (TPSA) is 44.0 Å². The molecule has 0 aromatic carbocycles. The highest BCUT2D eigenvalue weighted by Gasteiger charge is 2.11. The Labute approximate surface area is 84.1 Å². The van der Waals surface area contributed by atoms with Crippen LogP contribution in [-0.4, -0.2) is 36.1 Å². The van der Waals surface area contributed by atoms with E-state index in [2.05, 4.69) is 20.2 Å². The normalized spacial score (nSPS) is 16.8. The van der Waals surface area contributed by atoms with Gasteiger partial charge in [0.2, 0.25) is 5.95 Å². The van der Waals surface area contributed by atoms with Crippen molar-refractivity contribution in [2.45, 2.75) is 6.92 Å². The Hall–Kier alpha value is -0.740. The quantitative estimate of drug-likeness (QED) is 0.699. The monoisotopic (exact) mass is 202 g/mol. The molecule has 13 heavy (non-hydrogen) atoms. The van der Waals surface area contributed by atoms with E-state index in [1.54, 1.807) is 0 Å². The zero-order chi connectivity index (χ0) is 8.39. The van der Waals surface area contributed by atoms with Gasteiger partial charge >= 0.3 is 0 Å². The van der Waals surface area contributed by atoms with Crippen LogP contribution in [0, 0.1) is 6.92 Å². The Bertz CT molecular complexity index is 254. The average Bonchev–Trinajstić information content (AvgIpc) is 2.54. The van der Waals surface area contributed by atoms with Crippen molar-refractivity contribution in [1.82, 2.24) is 15.3 Å². The highest BCUT2D eigenvalue weighted by molar-refractivity contribution is 5.85. The van der Waals surface area contributed by atoms with Gasteiger partial charge in [-0.2, -0.15) is 0 Å². The molecule has 0 unspecified atom stereocenters. The van der Waals surface area contributed by atoms with E-state index in [9.17, 15) is 0 Å². The molecule has 2 heterocycles. The number of hydrogen-bond donors (Lipinski definition) is 2. The fraction of sp³-hybridized carbons (Fsp3) is 0.625. The average molecular weight is 203 g/mol. The second kappa shape index (κ2) is 4.48. The lowest BCUT2D eigenvalue weighted by Crippen LogP contribution is -2.44. The van der Waals surface area contributed by atoms with Gasteiger partial charge in [0, 0.05) is 38.1 Å². The summed E-state index contributed by atoms with van der Waals surface area (Å²) in [4.78, 5) is 9.78. The zero-order valence-electron chi connectivity index (χ0n) is 7.71. The van der Waals surface area contributed by atoms with Crippen molar-refractivity contribution in [3.63, 3.8) is 0 Å².